The Hall–Kier alpha value is -2.53. The van der Waals surface area contributed by atoms with Crippen LogP contribution in [0.5, 0.6) is 11.5 Å². The van der Waals surface area contributed by atoms with Crippen LogP contribution in [0.2, 0.25) is 0 Å². The van der Waals surface area contributed by atoms with E-state index < -0.39 is 5.60 Å². The van der Waals surface area contributed by atoms with Crippen molar-refractivity contribution < 1.29 is 19.4 Å². The topological polar surface area (TPSA) is 59.0 Å². The molecule has 1 aliphatic rings. The fourth-order valence-electron chi connectivity index (χ4n) is 2.95. The Labute approximate surface area is 147 Å². The monoisotopic (exact) mass is 341 g/mol. The first kappa shape index (κ1) is 17.3. The van der Waals surface area contributed by atoms with Crippen LogP contribution < -0.4 is 9.47 Å². The number of rotatable bonds is 6. The lowest BCUT2D eigenvalue weighted by Crippen LogP contribution is -2.40. The van der Waals surface area contributed by atoms with Crippen LogP contribution in [-0.4, -0.2) is 47.8 Å². The van der Waals surface area contributed by atoms with Crippen LogP contribution in [-0.2, 0) is 0 Å². The Bertz CT molecular complexity index is 719. The zero-order chi connectivity index (χ0) is 17.7. The molecule has 1 fully saturated rings. The quantitative estimate of drug-likeness (QED) is 0.878. The smallest absolute Gasteiger partial charge is 0.254 e. The van der Waals surface area contributed by atoms with Crippen molar-refractivity contribution in [2.75, 3.05) is 26.3 Å². The van der Waals surface area contributed by atoms with Gasteiger partial charge in [-0.15, -0.1) is 0 Å². The highest BCUT2D eigenvalue weighted by molar-refractivity contribution is 5.94. The summed E-state index contributed by atoms with van der Waals surface area (Å²) in [7, 11) is 0. The number of likely N-dealkylation sites (tertiary alicyclic amines) is 1. The molecule has 1 N–H and O–H groups in total. The fraction of sp³-hybridized carbons (Fsp3) is 0.350. The Morgan fingerprint density at radius 3 is 2.64 bits per heavy atom. The SMILES string of the molecule is CCOc1cccc(C(=O)N2CC[C@](O)(COc3ccccc3)C2)c1. The first-order valence-electron chi connectivity index (χ1n) is 8.52. The van der Waals surface area contributed by atoms with Gasteiger partial charge in [-0.05, 0) is 43.7 Å². The van der Waals surface area contributed by atoms with Crippen molar-refractivity contribution >= 4 is 5.91 Å². The number of carbonyl (C=O) groups is 1. The van der Waals surface area contributed by atoms with Gasteiger partial charge in [0.1, 0.15) is 23.7 Å². The minimum Gasteiger partial charge on any atom is -0.494 e. The summed E-state index contributed by atoms with van der Waals surface area (Å²) < 4.78 is 11.1. The fourth-order valence-corrected chi connectivity index (χ4v) is 2.95. The second-order valence-electron chi connectivity index (χ2n) is 6.26. The maximum Gasteiger partial charge on any atom is 0.254 e. The normalized spacial score (nSPS) is 19.7. The molecule has 25 heavy (non-hydrogen) atoms. The molecule has 1 saturated heterocycles. The number of ether oxygens (including phenoxy) is 2. The third kappa shape index (κ3) is 4.31. The van der Waals surface area contributed by atoms with Crippen molar-refractivity contribution in [2.24, 2.45) is 0 Å². The van der Waals surface area contributed by atoms with Crippen molar-refractivity contribution in [3.05, 3.63) is 60.2 Å². The van der Waals surface area contributed by atoms with Gasteiger partial charge in [0, 0.05) is 12.1 Å². The summed E-state index contributed by atoms with van der Waals surface area (Å²) in [5, 5.41) is 10.7. The van der Waals surface area contributed by atoms with Crippen molar-refractivity contribution in [2.45, 2.75) is 18.9 Å². The van der Waals surface area contributed by atoms with Crippen LogP contribution in [0.3, 0.4) is 0 Å². The number of amides is 1. The number of β-amino-alcohol motifs (C(OH)–C–C–N with tert-alkyl or cyclic N) is 1. The van der Waals surface area contributed by atoms with Crippen LogP contribution >= 0.6 is 0 Å². The van der Waals surface area contributed by atoms with Crippen molar-refractivity contribution in [3.63, 3.8) is 0 Å². The summed E-state index contributed by atoms with van der Waals surface area (Å²) in [5.74, 6) is 1.29. The molecule has 0 bridgehead atoms. The maximum atomic E-state index is 12.7. The summed E-state index contributed by atoms with van der Waals surface area (Å²) in [6, 6.07) is 16.5. The molecular weight excluding hydrogens is 318 g/mol. The van der Waals surface area contributed by atoms with Gasteiger partial charge in [-0.3, -0.25) is 4.79 Å². The van der Waals surface area contributed by atoms with Crippen molar-refractivity contribution in [1.29, 1.82) is 0 Å². The largest absolute Gasteiger partial charge is 0.494 e. The Balaban J connectivity index is 1.61. The lowest BCUT2D eigenvalue weighted by molar-refractivity contribution is 0.00431. The van der Waals surface area contributed by atoms with Gasteiger partial charge in [-0.2, -0.15) is 0 Å². The summed E-state index contributed by atoms with van der Waals surface area (Å²) in [6.07, 6.45) is 0.497. The summed E-state index contributed by atoms with van der Waals surface area (Å²) in [6.45, 7) is 3.39. The Morgan fingerprint density at radius 1 is 1.12 bits per heavy atom. The van der Waals surface area contributed by atoms with E-state index in [0.29, 0.717) is 36.6 Å². The zero-order valence-electron chi connectivity index (χ0n) is 14.4. The summed E-state index contributed by atoms with van der Waals surface area (Å²) >= 11 is 0. The molecule has 2 aromatic rings. The number of hydrogen-bond acceptors (Lipinski definition) is 4. The lowest BCUT2D eigenvalue weighted by Gasteiger charge is -2.23. The van der Waals surface area contributed by atoms with E-state index in [1.807, 2.05) is 43.3 Å². The van der Waals surface area contributed by atoms with Gasteiger partial charge in [0.15, 0.2) is 0 Å². The Kier molecular flexibility index (Phi) is 5.24. The van der Waals surface area contributed by atoms with Gasteiger partial charge in [0.05, 0.1) is 13.2 Å². The summed E-state index contributed by atoms with van der Waals surface area (Å²) in [4.78, 5) is 14.3. The summed E-state index contributed by atoms with van der Waals surface area (Å²) in [5.41, 5.74) is -0.456. The molecule has 1 heterocycles. The minimum absolute atomic E-state index is 0.0998. The third-order valence-electron chi connectivity index (χ3n) is 4.26. The van der Waals surface area contributed by atoms with Crippen LogP contribution in [0.4, 0.5) is 0 Å². The van der Waals surface area contributed by atoms with Gasteiger partial charge in [0.25, 0.3) is 5.91 Å². The van der Waals surface area contributed by atoms with Crippen LogP contribution in [0.25, 0.3) is 0 Å². The van der Waals surface area contributed by atoms with Gasteiger partial charge in [-0.25, -0.2) is 0 Å². The molecule has 1 aliphatic heterocycles. The molecule has 0 saturated carbocycles. The van der Waals surface area contributed by atoms with Gasteiger partial charge < -0.3 is 19.5 Å². The van der Waals surface area contributed by atoms with Crippen LogP contribution in [0.1, 0.15) is 23.7 Å². The van der Waals surface area contributed by atoms with Crippen molar-refractivity contribution in [1.82, 2.24) is 4.90 Å². The number of carbonyl (C=O) groups excluding carboxylic acids is 1. The van der Waals surface area contributed by atoms with E-state index in [4.69, 9.17) is 9.47 Å². The van der Waals surface area contributed by atoms with E-state index in [0.717, 1.165) is 0 Å². The first-order chi connectivity index (χ1) is 12.1. The molecule has 1 atom stereocenters. The number of hydrogen-bond donors (Lipinski definition) is 1. The molecule has 132 valence electrons. The molecule has 5 heteroatoms. The highest BCUT2D eigenvalue weighted by atomic mass is 16.5. The third-order valence-corrected chi connectivity index (χ3v) is 4.26. The highest BCUT2D eigenvalue weighted by Crippen LogP contribution is 2.25. The average molecular weight is 341 g/mol. The van der Waals surface area contributed by atoms with E-state index in [1.165, 1.54) is 0 Å². The number of benzene rings is 2. The highest BCUT2D eigenvalue weighted by Gasteiger charge is 2.39. The van der Waals surface area contributed by atoms with E-state index >= 15 is 0 Å². The standard InChI is InChI=1S/C20H23NO4/c1-2-24-18-10-6-7-16(13-18)19(22)21-12-11-20(23,14-21)15-25-17-8-4-3-5-9-17/h3-10,13,23H,2,11-12,14-15H2,1H3/t20-/m1/s1. The van der Waals surface area contributed by atoms with E-state index in [2.05, 4.69) is 0 Å². The van der Waals surface area contributed by atoms with Gasteiger partial charge >= 0.3 is 0 Å². The number of nitrogens with zero attached hydrogens (tertiary/aromatic N) is 1. The van der Waals surface area contributed by atoms with Gasteiger partial charge in [0.2, 0.25) is 0 Å². The van der Waals surface area contributed by atoms with Crippen LogP contribution in [0.15, 0.2) is 54.6 Å². The second-order valence-corrected chi connectivity index (χ2v) is 6.26. The molecule has 0 spiro atoms. The predicted molar refractivity (Wildman–Crippen MR) is 95.0 cm³/mol. The van der Waals surface area contributed by atoms with E-state index in [-0.39, 0.29) is 19.1 Å². The molecule has 0 unspecified atom stereocenters. The van der Waals surface area contributed by atoms with Crippen molar-refractivity contribution in [3.8, 4) is 11.5 Å². The minimum atomic E-state index is -1.02. The predicted octanol–water partition coefficient (Wildman–Crippen LogP) is 2.74. The molecular formula is C20H23NO4. The molecule has 1 amide bonds. The van der Waals surface area contributed by atoms with E-state index in [9.17, 15) is 9.90 Å². The zero-order valence-corrected chi connectivity index (χ0v) is 14.4. The van der Waals surface area contributed by atoms with Gasteiger partial charge in [-0.1, -0.05) is 24.3 Å². The average Bonchev–Trinajstić information content (AvgIpc) is 3.03. The maximum absolute atomic E-state index is 12.7. The number of aliphatic hydroxyl groups is 1. The van der Waals surface area contributed by atoms with Crippen LogP contribution in [0, 0.1) is 0 Å². The molecule has 0 aliphatic carbocycles. The molecule has 0 aromatic heterocycles. The molecule has 5 nitrogen and oxygen atoms in total. The number of para-hydroxylation sites is 1. The molecule has 0 radical (unpaired) electrons. The Morgan fingerprint density at radius 2 is 1.88 bits per heavy atom. The molecule has 2 aromatic carbocycles. The molecule has 3 rings (SSSR count). The van der Waals surface area contributed by atoms with E-state index in [1.54, 1.807) is 23.1 Å². The first-order valence-corrected chi connectivity index (χ1v) is 8.52. The lowest BCUT2D eigenvalue weighted by atomic mass is 10.1. The second kappa shape index (κ2) is 7.57.